The lowest BCUT2D eigenvalue weighted by molar-refractivity contribution is -0.142. The number of aliphatic carboxylic acids is 1. The lowest BCUT2D eigenvalue weighted by Crippen LogP contribution is -2.47. The van der Waals surface area contributed by atoms with Crippen molar-refractivity contribution in [3.05, 3.63) is 29.8 Å². The maximum Gasteiger partial charge on any atom is 0.313 e. The van der Waals surface area contributed by atoms with E-state index in [1.54, 1.807) is 4.90 Å². The van der Waals surface area contributed by atoms with Crippen LogP contribution in [-0.2, 0) is 20.1 Å². The molecule has 0 radical (unpaired) electrons. The van der Waals surface area contributed by atoms with Gasteiger partial charge in [0.05, 0.1) is 11.7 Å². The first-order valence-corrected chi connectivity index (χ1v) is 10.3. The maximum atomic E-state index is 12.7. The molecule has 0 spiro atoms. The van der Waals surface area contributed by atoms with Crippen molar-refractivity contribution in [3.8, 4) is 0 Å². The molecule has 148 valence electrons. The molecule has 1 atom stereocenters. The maximum absolute atomic E-state index is 12.7. The summed E-state index contributed by atoms with van der Waals surface area (Å²) in [6.45, 7) is 6.85. The molecular formula is C20H28N2O4S. The van der Waals surface area contributed by atoms with Gasteiger partial charge in [0.2, 0.25) is 11.8 Å². The lowest BCUT2D eigenvalue weighted by atomic mass is 9.91. The molecule has 2 amide bonds. The highest BCUT2D eigenvalue weighted by molar-refractivity contribution is 7.99. The van der Waals surface area contributed by atoms with Gasteiger partial charge in [-0.1, -0.05) is 32.9 Å². The summed E-state index contributed by atoms with van der Waals surface area (Å²) < 4.78 is 0. The van der Waals surface area contributed by atoms with E-state index in [0.717, 1.165) is 18.4 Å². The second-order valence-electron chi connectivity index (χ2n) is 7.92. The molecule has 1 aromatic rings. The second kappa shape index (κ2) is 9.26. The predicted molar refractivity (Wildman–Crippen MR) is 108 cm³/mol. The molecule has 1 heterocycles. The SMILES string of the molecule is CC(C)(C)C(=O)N1CCCC(C(=O)Nc2cccc(CSCC(=O)O)c2)C1. The Morgan fingerprint density at radius 3 is 2.70 bits per heavy atom. The van der Waals surface area contributed by atoms with E-state index in [1.807, 2.05) is 45.0 Å². The molecule has 1 unspecified atom stereocenters. The summed E-state index contributed by atoms with van der Waals surface area (Å²) >= 11 is 1.32. The molecule has 0 saturated carbocycles. The van der Waals surface area contributed by atoms with Gasteiger partial charge in [0.25, 0.3) is 0 Å². The average Bonchev–Trinajstić information content (AvgIpc) is 2.60. The molecule has 2 rings (SSSR count). The topological polar surface area (TPSA) is 86.7 Å². The molecule has 0 bridgehead atoms. The highest BCUT2D eigenvalue weighted by atomic mass is 32.2. The number of nitrogens with one attached hydrogen (secondary N) is 1. The van der Waals surface area contributed by atoms with Crippen LogP contribution in [0, 0.1) is 11.3 Å². The second-order valence-corrected chi connectivity index (χ2v) is 8.90. The Labute approximate surface area is 164 Å². The van der Waals surface area contributed by atoms with Crippen LogP contribution in [0.5, 0.6) is 0 Å². The molecule has 1 aliphatic heterocycles. The van der Waals surface area contributed by atoms with Crippen LogP contribution in [-0.4, -0.2) is 46.6 Å². The third-order valence-corrected chi connectivity index (χ3v) is 5.40. The van der Waals surface area contributed by atoms with Crippen LogP contribution in [0.2, 0.25) is 0 Å². The fraction of sp³-hybridized carbons (Fsp3) is 0.550. The molecule has 7 heteroatoms. The average molecular weight is 393 g/mol. The van der Waals surface area contributed by atoms with Crippen molar-refractivity contribution in [2.75, 3.05) is 24.2 Å². The highest BCUT2D eigenvalue weighted by Gasteiger charge is 2.33. The van der Waals surface area contributed by atoms with Crippen molar-refractivity contribution in [1.82, 2.24) is 4.90 Å². The van der Waals surface area contributed by atoms with Gasteiger partial charge in [-0.15, -0.1) is 11.8 Å². The first-order chi connectivity index (χ1) is 12.7. The summed E-state index contributed by atoms with van der Waals surface area (Å²) in [5.41, 5.74) is 1.22. The van der Waals surface area contributed by atoms with E-state index in [-0.39, 0.29) is 23.5 Å². The van der Waals surface area contributed by atoms with Gasteiger partial charge < -0.3 is 15.3 Å². The number of carbonyl (C=O) groups is 3. The molecule has 1 aliphatic rings. The Bertz CT molecular complexity index is 699. The zero-order valence-electron chi connectivity index (χ0n) is 16.2. The van der Waals surface area contributed by atoms with E-state index in [4.69, 9.17) is 5.11 Å². The van der Waals surface area contributed by atoms with Crippen molar-refractivity contribution < 1.29 is 19.5 Å². The monoisotopic (exact) mass is 392 g/mol. The van der Waals surface area contributed by atoms with Crippen molar-refractivity contribution >= 4 is 35.2 Å². The van der Waals surface area contributed by atoms with Gasteiger partial charge in [-0.25, -0.2) is 0 Å². The molecular weight excluding hydrogens is 364 g/mol. The largest absolute Gasteiger partial charge is 0.481 e. The van der Waals surface area contributed by atoms with Gasteiger partial charge in [-0.3, -0.25) is 14.4 Å². The molecule has 6 nitrogen and oxygen atoms in total. The smallest absolute Gasteiger partial charge is 0.313 e. The summed E-state index contributed by atoms with van der Waals surface area (Å²) in [6, 6.07) is 7.45. The Hall–Kier alpha value is -2.02. The van der Waals surface area contributed by atoms with Crippen LogP contribution in [0.15, 0.2) is 24.3 Å². The Kier molecular flexibility index (Phi) is 7.30. The summed E-state index contributed by atoms with van der Waals surface area (Å²) in [5.74, 6) is -0.413. The zero-order chi connectivity index (χ0) is 20.0. The summed E-state index contributed by atoms with van der Waals surface area (Å²) in [4.78, 5) is 37.6. The number of hydrogen-bond acceptors (Lipinski definition) is 4. The summed E-state index contributed by atoms with van der Waals surface area (Å²) in [5, 5.41) is 11.7. The number of nitrogens with zero attached hydrogens (tertiary/aromatic N) is 1. The van der Waals surface area contributed by atoms with Crippen molar-refractivity contribution in [1.29, 1.82) is 0 Å². The normalized spacial score (nSPS) is 17.4. The van der Waals surface area contributed by atoms with Gasteiger partial charge in [-0.05, 0) is 30.5 Å². The van der Waals surface area contributed by atoms with Crippen molar-refractivity contribution in [3.63, 3.8) is 0 Å². The number of benzene rings is 1. The van der Waals surface area contributed by atoms with Gasteiger partial charge in [0.1, 0.15) is 0 Å². The first-order valence-electron chi connectivity index (χ1n) is 9.15. The number of carboxylic acid groups (broad SMARTS) is 1. The Balaban J connectivity index is 1.94. The molecule has 0 aliphatic carbocycles. The molecule has 2 N–H and O–H groups in total. The van der Waals surface area contributed by atoms with Crippen LogP contribution in [0.3, 0.4) is 0 Å². The van der Waals surface area contributed by atoms with Gasteiger partial charge in [-0.2, -0.15) is 0 Å². The number of amides is 2. The number of likely N-dealkylation sites (tertiary alicyclic amines) is 1. The molecule has 0 aromatic heterocycles. The lowest BCUT2D eigenvalue weighted by Gasteiger charge is -2.35. The first kappa shape index (κ1) is 21.3. The Morgan fingerprint density at radius 1 is 1.30 bits per heavy atom. The van der Waals surface area contributed by atoms with Crippen LogP contribution in [0.4, 0.5) is 5.69 Å². The number of hydrogen-bond donors (Lipinski definition) is 2. The predicted octanol–water partition coefficient (Wildman–Crippen LogP) is 3.23. The number of anilines is 1. The summed E-state index contributed by atoms with van der Waals surface area (Å²) in [6.07, 6.45) is 1.60. The van der Waals surface area contributed by atoms with E-state index in [9.17, 15) is 14.4 Å². The quantitative estimate of drug-likeness (QED) is 0.776. The minimum atomic E-state index is -0.837. The standard InChI is InChI=1S/C20H28N2O4S/c1-20(2,3)19(26)22-9-5-7-15(11-22)18(25)21-16-8-4-6-14(10-16)12-27-13-17(23)24/h4,6,8,10,15H,5,7,9,11-13H2,1-3H3,(H,21,25)(H,23,24). The third-order valence-electron chi connectivity index (χ3n) is 4.41. The zero-order valence-corrected chi connectivity index (χ0v) is 17.0. The fourth-order valence-corrected chi connectivity index (χ4v) is 3.78. The van der Waals surface area contributed by atoms with Crippen LogP contribution in [0.1, 0.15) is 39.2 Å². The van der Waals surface area contributed by atoms with Gasteiger partial charge in [0.15, 0.2) is 0 Å². The van der Waals surface area contributed by atoms with Gasteiger partial charge >= 0.3 is 5.97 Å². The van der Waals surface area contributed by atoms with E-state index >= 15 is 0 Å². The summed E-state index contributed by atoms with van der Waals surface area (Å²) in [7, 11) is 0. The minimum absolute atomic E-state index is 0.0519. The van der Waals surface area contributed by atoms with Gasteiger partial charge in [0, 0.05) is 29.9 Å². The highest BCUT2D eigenvalue weighted by Crippen LogP contribution is 2.25. The van der Waals surface area contributed by atoms with Crippen LogP contribution in [0.25, 0.3) is 0 Å². The van der Waals surface area contributed by atoms with Crippen molar-refractivity contribution in [2.24, 2.45) is 11.3 Å². The molecule has 1 aromatic carbocycles. The van der Waals surface area contributed by atoms with E-state index in [0.29, 0.717) is 24.5 Å². The number of carbonyl (C=O) groups excluding carboxylic acids is 2. The van der Waals surface area contributed by atoms with E-state index < -0.39 is 11.4 Å². The molecule has 1 saturated heterocycles. The Morgan fingerprint density at radius 2 is 2.04 bits per heavy atom. The number of thioether (sulfide) groups is 1. The number of piperidine rings is 1. The molecule has 27 heavy (non-hydrogen) atoms. The molecule has 1 fully saturated rings. The minimum Gasteiger partial charge on any atom is -0.481 e. The van der Waals surface area contributed by atoms with E-state index in [1.165, 1.54) is 11.8 Å². The van der Waals surface area contributed by atoms with E-state index in [2.05, 4.69) is 5.32 Å². The number of rotatable bonds is 6. The third kappa shape index (κ3) is 6.57. The fourth-order valence-electron chi connectivity index (χ4n) is 3.09. The van der Waals surface area contributed by atoms with Crippen molar-refractivity contribution in [2.45, 2.75) is 39.4 Å². The van der Waals surface area contributed by atoms with Crippen LogP contribution < -0.4 is 5.32 Å². The van der Waals surface area contributed by atoms with Crippen LogP contribution >= 0.6 is 11.8 Å². The number of carboxylic acids is 1.